The minimum atomic E-state index is -0.359. The summed E-state index contributed by atoms with van der Waals surface area (Å²) in [7, 11) is 2.12. The Morgan fingerprint density at radius 2 is 1.63 bits per heavy atom. The minimum Gasteiger partial charge on any atom is -0.342 e. The Labute approximate surface area is 179 Å². The van der Waals surface area contributed by atoms with Crippen molar-refractivity contribution in [3.63, 3.8) is 0 Å². The van der Waals surface area contributed by atoms with Crippen LogP contribution in [0.4, 0.5) is 4.39 Å². The second-order valence-corrected chi connectivity index (χ2v) is 9.18. The Balaban J connectivity index is 1.42. The fourth-order valence-electron chi connectivity index (χ4n) is 5.03. The number of carbonyl (C=O) groups excluding carboxylic acids is 1. The normalized spacial score (nSPS) is 20.3. The summed E-state index contributed by atoms with van der Waals surface area (Å²) in [5.41, 5.74) is 2.03. The first kappa shape index (κ1) is 21.0. The van der Waals surface area contributed by atoms with Crippen molar-refractivity contribution in [3.05, 3.63) is 65.7 Å². The van der Waals surface area contributed by atoms with Crippen molar-refractivity contribution in [1.82, 2.24) is 14.8 Å². The quantitative estimate of drug-likeness (QED) is 0.750. The Morgan fingerprint density at radius 1 is 1.00 bits per heavy atom. The van der Waals surface area contributed by atoms with Gasteiger partial charge in [-0.1, -0.05) is 12.1 Å². The summed E-state index contributed by atoms with van der Waals surface area (Å²) in [4.78, 5) is 22.3. The van der Waals surface area contributed by atoms with Gasteiger partial charge in [0.15, 0.2) is 0 Å². The highest BCUT2D eigenvalue weighted by Crippen LogP contribution is 2.38. The van der Waals surface area contributed by atoms with E-state index in [1.807, 2.05) is 24.5 Å². The van der Waals surface area contributed by atoms with Gasteiger partial charge in [-0.05, 0) is 100.0 Å². The second-order valence-electron chi connectivity index (χ2n) is 9.18. The molecule has 2 saturated heterocycles. The Morgan fingerprint density at radius 3 is 2.27 bits per heavy atom. The third-order valence-corrected chi connectivity index (χ3v) is 7.03. The predicted octanol–water partition coefficient (Wildman–Crippen LogP) is 3.96. The van der Waals surface area contributed by atoms with Gasteiger partial charge >= 0.3 is 0 Å². The van der Waals surface area contributed by atoms with E-state index in [-0.39, 0.29) is 11.2 Å². The number of hydrogen-bond donors (Lipinski definition) is 0. The van der Waals surface area contributed by atoms with Crippen LogP contribution in [-0.2, 0) is 17.6 Å². The van der Waals surface area contributed by atoms with Gasteiger partial charge in [-0.3, -0.25) is 9.78 Å². The van der Waals surface area contributed by atoms with E-state index >= 15 is 0 Å². The molecular formula is C25H32FN3O. The summed E-state index contributed by atoms with van der Waals surface area (Å²) in [6.45, 7) is 3.56. The standard InChI is InChI=1S/C25H32FN3O/c1-28-16-10-25(11-17-28,19-22-2-4-23(26)5-3-22)24(30)29-14-8-21(9-15-29)18-20-6-12-27-13-7-20/h2-7,12-13,21H,8-11,14-19H2,1H3. The van der Waals surface area contributed by atoms with Gasteiger partial charge in [0, 0.05) is 25.5 Å². The Kier molecular flexibility index (Phi) is 6.47. The average molecular weight is 410 g/mol. The minimum absolute atomic E-state index is 0.223. The summed E-state index contributed by atoms with van der Waals surface area (Å²) in [5.74, 6) is 0.711. The zero-order valence-corrected chi connectivity index (χ0v) is 17.9. The van der Waals surface area contributed by atoms with Gasteiger partial charge in [0.05, 0.1) is 5.41 Å². The van der Waals surface area contributed by atoms with Crippen molar-refractivity contribution in [1.29, 1.82) is 0 Å². The van der Waals surface area contributed by atoms with E-state index in [0.29, 0.717) is 18.2 Å². The lowest BCUT2D eigenvalue weighted by Crippen LogP contribution is -2.52. The first-order valence-electron chi connectivity index (χ1n) is 11.2. The fourth-order valence-corrected chi connectivity index (χ4v) is 5.03. The van der Waals surface area contributed by atoms with Crippen LogP contribution in [0, 0.1) is 17.2 Å². The van der Waals surface area contributed by atoms with Crippen molar-refractivity contribution in [3.8, 4) is 0 Å². The maximum atomic E-state index is 13.7. The van der Waals surface area contributed by atoms with E-state index < -0.39 is 0 Å². The topological polar surface area (TPSA) is 36.4 Å². The molecule has 0 unspecified atom stereocenters. The molecule has 2 aliphatic heterocycles. The Hall–Kier alpha value is -2.27. The summed E-state index contributed by atoms with van der Waals surface area (Å²) in [6, 6.07) is 10.9. The molecule has 0 N–H and O–H groups in total. The zero-order valence-electron chi connectivity index (χ0n) is 17.9. The molecule has 0 spiro atoms. The molecule has 0 aliphatic carbocycles. The largest absolute Gasteiger partial charge is 0.342 e. The smallest absolute Gasteiger partial charge is 0.229 e. The number of carbonyl (C=O) groups is 1. The highest BCUT2D eigenvalue weighted by Gasteiger charge is 2.43. The maximum Gasteiger partial charge on any atom is 0.229 e. The molecule has 4 nitrogen and oxygen atoms in total. The summed E-state index contributed by atoms with van der Waals surface area (Å²) in [5, 5.41) is 0. The number of hydrogen-bond acceptors (Lipinski definition) is 3. The lowest BCUT2D eigenvalue weighted by molar-refractivity contribution is -0.146. The lowest BCUT2D eigenvalue weighted by atomic mass is 9.72. The van der Waals surface area contributed by atoms with E-state index in [9.17, 15) is 9.18 Å². The molecule has 2 aromatic rings. The average Bonchev–Trinajstić information content (AvgIpc) is 2.78. The maximum absolute atomic E-state index is 13.7. The number of benzene rings is 1. The molecule has 0 bridgehead atoms. The van der Waals surface area contributed by atoms with Gasteiger partial charge in [-0.2, -0.15) is 0 Å². The molecule has 1 aromatic carbocycles. The SMILES string of the molecule is CN1CCC(Cc2ccc(F)cc2)(C(=O)N2CCC(Cc3ccncc3)CC2)CC1. The van der Waals surface area contributed by atoms with Crippen LogP contribution in [0.5, 0.6) is 0 Å². The first-order valence-corrected chi connectivity index (χ1v) is 11.2. The molecule has 2 aliphatic rings. The van der Waals surface area contributed by atoms with Crippen molar-refractivity contribution in [2.75, 3.05) is 33.2 Å². The van der Waals surface area contributed by atoms with Crippen LogP contribution in [-0.4, -0.2) is 53.9 Å². The molecule has 5 heteroatoms. The number of likely N-dealkylation sites (tertiary alicyclic amines) is 2. The van der Waals surface area contributed by atoms with E-state index in [2.05, 4.69) is 34.0 Å². The lowest BCUT2D eigenvalue weighted by Gasteiger charge is -2.44. The first-order chi connectivity index (χ1) is 14.5. The van der Waals surface area contributed by atoms with Crippen molar-refractivity contribution in [2.24, 2.45) is 11.3 Å². The monoisotopic (exact) mass is 409 g/mol. The predicted molar refractivity (Wildman–Crippen MR) is 117 cm³/mol. The van der Waals surface area contributed by atoms with Crippen LogP contribution in [0.25, 0.3) is 0 Å². The number of piperidine rings is 2. The highest BCUT2D eigenvalue weighted by atomic mass is 19.1. The van der Waals surface area contributed by atoms with Crippen molar-refractivity contribution >= 4 is 5.91 Å². The van der Waals surface area contributed by atoms with Crippen molar-refractivity contribution < 1.29 is 9.18 Å². The van der Waals surface area contributed by atoms with Gasteiger partial charge in [0.1, 0.15) is 5.82 Å². The molecule has 0 saturated carbocycles. The third kappa shape index (κ3) is 4.89. The number of nitrogens with zero attached hydrogens (tertiary/aromatic N) is 3. The summed E-state index contributed by atoms with van der Waals surface area (Å²) < 4.78 is 13.4. The zero-order chi connectivity index (χ0) is 21.0. The van der Waals surface area contributed by atoms with E-state index in [0.717, 1.165) is 63.8 Å². The highest BCUT2D eigenvalue weighted by molar-refractivity contribution is 5.83. The van der Waals surface area contributed by atoms with Crippen molar-refractivity contribution in [2.45, 2.75) is 38.5 Å². The van der Waals surface area contributed by atoms with Gasteiger partial charge < -0.3 is 9.80 Å². The van der Waals surface area contributed by atoms with Gasteiger partial charge in [-0.15, -0.1) is 0 Å². The van der Waals surface area contributed by atoms with Crippen LogP contribution in [0.15, 0.2) is 48.8 Å². The molecule has 1 amide bonds. The van der Waals surface area contributed by atoms with Crippen LogP contribution in [0.2, 0.25) is 0 Å². The van der Waals surface area contributed by atoms with E-state index in [1.54, 1.807) is 0 Å². The molecular weight excluding hydrogens is 377 g/mol. The molecule has 30 heavy (non-hydrogen) atoms. The number of pyridine rings is 1. The number of rotatable bonds is 5. The number of halogens is 1. The second kappa shape index (κ2) is 9.25. The molecule has 3 heterocycles. The molecule has 4 rings (SSSR count). The van der Waals surface area contributed by atoms with E-state index in [4.69, 9.17) is 0 Å². The number of aromatic nitrogens is 1. The summed E-state index contributed by atoms with van der Waals surface area (Å²) >= 11 is 0. The van der Waals surface area contributed by atoms with Crippen LogP contribution in [0.3, 0.4) is 0 Å². The number of amides is 1. The summed E-state index contributed by atoms with van der Waals surface area (Å²) in [6.07, 6.45) is 9.34. The molecule has 0 radical (unpaired) electrons. The van der Waals surface area contributed by atoms with E-state index in [1.165, 1.54) is 17.7 Å². The van der Waals surface area contributed by atoms with Gasteiger partial charge in [-0.25, -0.2) is 4.39 Å². The van der Waals surface area contributed by atoms with Gasteiger partial charge in [0.25, 0.3) is 0 Å². The van der Waals surface area contributed by atoms with Crippen LogP contribution < -0.4 is 0 Å². The fraction of sp³-hybridized carbons (Fsp3) is 0.520. The third-order valence-electron chi connectivity index (χ3n) is 7.03. The van der Waals surface area contributed by atoms with Gasteiger partial charge in [0.2, 0.25) is 5.91 Å². The molecule has 2 fully saturated rings. The van der Waals surface area contributed by atoms with Crippen LogP contribution >= 0.6 is 0 Å². The Bertz CT molecular complexity index is 823. The van der Waals surface area contributed by atoms with Crippen LogP contribution in [0.1, 0.15) is 36.8 Å². The molecule has 160 valence electrons. The molecule has 1 aromatic heterocycles. The molecule has 0 atom stereocenters.